The zero-order chi connectivity index (χ0) is 22.5. The van der Waals surface area contributed by atoms with Gasteiger partial charge in [0.25, 0.3) is 11.1 Å². The lowest BCUT2D eigenvalue weighted by Crippen LogP contribution is -2.25. The van der Waals surface area contributed by atoms with E-state index in [4.69, 9.17) is 4.74 Å². The van der Waals surface area contributed by atoms with Gasteiger partial charge in [0.1, 0.15) is 5.75 Å². The molecule has 0 aromatic heterocycles. The molecule has 2 amide bonds. The lowest BCUT2D eigenvalue weighted by atomic mass is 9.95. The van der Waals surface area contributed by atoms with Gasteiger partial charge in [0, 0.05) is 6.04 Å². The Morgan fingerprint density at radius 3 is 2.28 bits per heavy atom. The van der Waals surface area contributed by atoms with Crippen LogP contribution in [0.4, 0.5) is 4.79 Å². The predicted molar refractivity (Wildman–Crippen MR) is 128 cm³/mol. The molecule has 3 aromatic rings. The van der Waals surface area contributed by atoms with E-state index in [2.05, 4.69) is 47.9 Å². The molecule has 0 spiro atoms. The van der Waals surface area contributed by atoms with Gasteiger partial charge in [-0.2, -0.15) is 0 Å². The third kappa shape index (κ3) is 5.10. The van der Waals surface area contributed by atoms with Crippen LogP contribution in [0.15, 0.2) is 83.8 Å². The van der Waals surface area contributed by atoms with E-state index in [0.29, 0.717) is 4.91 Å². The second kappa shape index (κ2) is 9.85. The number of nitrogens with one attached hydrogen (secondary N) is 2. The largest absolute Gasteiger partial charge is 0.497 e. The molecule has 162 valence electrons. The lowest BCUT2D eigenvalue weighted by molar-refractivity contribution is -0.115. The molecule has 32 heavy (non-hydrogen) atoms. The van der Waals surface area contributed by atoms with Crippen LogP contribution >= 0.6 is 11.8 Å². The van der Waals surface area contributed by atoms with E-state index < -0.39 is 0 Å². The fourth-order valence-electron chi connectivity index (χ4n) is 3.67. The summed E-state index contributed by atoms with van der Waals surface area (Å²) < 4.78 is 5.32. The van der Waals surface area contributed by atoms with Crippen LogP contribution in [-0.2, 0) is 4.79 Å². The number of amides is 2. The highest BCUT2D eigenvalue weighted by atomic mass is 32.2. The van der Waals surface area contributed by atoms with Crippen molar-refractivity contribution in [2.24, 2.45) is 0 Å². The fourth-order valence-corrected chi connectivity index (χ4v) is 4.35. The van der Waals surface area contributed by atoms with Crippen molar-refractivity contribution >= 4 is 29.0 Å². The Morgan fingerprint density at radius 1 is 0.906 bits per heavy atom. The van der Waals surface area contributed by atoms with Crippen LogP contribution in [-0.4, -0.2) is 18.3 Å². The van der Waals surface area contributed by atoms with Crippen molar-refractivity contribution in [2.75, 3.05) is 7.11 Å². The van der Waals surface area contributed by atoms with Gasteiger partial charge in [0.15, 0.2) is 0 Å². The van der Waals surface area contributed by atoms with E-state index in [1.807, 2.05) is 48.5 Å². The molecule has 1 saturated heterocycles. The van der Waals surface area contributed by atoms with Gasteiger partial charge in [-0.05, 0) is 65.2 Å². The van der Waals surface area contributed by atoms with Gasteiger partial charge in [-0.25, -0.2) is 0 Å². The highest BCUT2D eigenvalue weighted by Gasteiger charge is 2.25. The minimum atomic E-state index is -0.354. The highest BCUT2D eigenvalue weighted by molar-refractivity contribution is 8.18. The minimum Gasteiger partial charge on any atom is -0.497 e. The summed E-state index contributed by atoms with van der Waals surface area (Å²) in [5.41, 5.74) is 4.22. The Bertz CT molecular complexity index is 1140. The van der Waals surface area contributed by atoms with E-state index in [1.54, 1.807) is 13.2 Å². The normalized spacial score (nSPS) is 16.6. The molecular formula is C26H24N2O3S. The Morgan fingerprint density at radius 2 is 1.62 bits per heavy atom. The third-order valence-electron chi connectivity index (χ3n) is 5.35. The average molecular weight is 445 g/mol. The van der Waals surface area contributed by atoms with Gasteiger partial charge in [-0.15, -0.1) is 0 Å². The summed E-state index contributed by atoms with van der Waals surface area (Å²) in [5.74, 6) is 0.448. The second-order valence-corrected chi connectivity index (χ2v) is 8.54. The van der Waals surface area contributed by atoms with Crippen molar-refractivity contribution in [1.82, 2.24) is 10.6 Å². The van der Waals surface area contributed by atoms with E-state index in [0.717, 1.165) is 34.2 Å². The van der Waals surface area contributed by atoms with Gasteiger partial charge in [-0.3, -0.25) is 20.2 Å². The van der Waals surface area contributed by atoms with Crippen molar-refractivity contribution in [2.45, 2.75) is 19.0 Å². The molecular weight excluding hydrogens is 420 g/mol. The monoisotopic (exact) mass is 444 g/mol. The molecule has 6 heteroatoms. The molecule has 0 aliphatic carbocycles. The Hall–Kier alpha value is -3.35. The fraction of sp³-hybridized carbons (Fsp3) is 0.154. The first-order valence-corrected chi connectivity index (χ1v) is 11.1. The maximum Gasteiger partial charge on any atom is 0.290 e. The number of carbonyl (C=O) groups excluding carboxylic acids is 2. The van der Waals surface area contributed by atoms with E-state index in [1.165, 1.54) is 5.56 Å². The molecule has 0 saturated carbocycles. The number of rotatable bonds is 7. The van der Waals surface area contributed by atoms with Gasteiger partial charge in [0.05, 0.1) is 18.1 Å². The third-order valence-corrected chi connectivity index (χ3v) is 6.16. The van der Waals surface area contributed by atoms with Gasteiger partial charge >= 0.3 is 0 Å². The standard InChI is InChI=1S/C26H24N2O3S/c1-17(19-8-4-3-5-9-19)27-24(20-11-13-22(31-2)14-12-20)21-10-6-7-18(15-21)16-23-25(29)28-26(30)32-23/h3-17,24,27H,1-2H3,(H,28,29,30)/t17-,24?/m1/s1. The molecule has 4 rings (SSSR count). The summed E-state index contributed by atoms with van der Waals surface area (Å²) >= 11 is 0.923. The molecule has 2 atom stereocenters. The van der Waals surface area contributed by atoms with Crippen molar-refractivity contribution < 1.29 is 14.3 Å². The summed E-state index contributed by atoms with van der Waals surface area (Å²) in [7, 11) is 1.65. The van der Waals surface area contributed by atoms with Crippen LogP contribution in [0.3, 0.4) is 0 Å². The minimum absolute atomic E-state index is 0.0823. The summed E-state index contributed by atoms with van der Waals surface area (Å²) in [6, 6.07) is 26.3. The smallest absolute Gasteiger partial charge is 0.290 e. The van der Waals surface area contributed by atoms with E-state index >= 15 is 0 Å². The molecule has 1 aliphatic heterocycles. The topological polar surface area (TPSA) is 67.4 Å². The van der Waals surface area contributed by atoms with Crippen molar-refractivity contribution in [3.8, 4) is 5.75 Å². The van der Waals surface area contributed by atoms with Crippen molar-refractivity contribution in [3.05, 3.63) is 106 Å². The number of hydrogen-bond acceptors (Lipinski definition) is 5. The summed E-state index contributed by atoms with van der Waals surface area (Å²) in [6.45, 7) is 2.14. The average Bonchev–Trinajstić information content (AvgIpc) is 3.14. The van der Waals surface area contributed by atoms with Crippen LogP contribution < -0.4 is 15.4 Å². The Kier molecular flexibility index (Phi) is 6.73. The summed E-state index contributed by atoms with van der Waals surface area (Å²) in [4.78, 5) is 23.8. The SMILES string of the molecule is COc1ccc(C(N[C@H](C)c2ccccc2)c2cccc(C=C3SC(=O)NC3=O)c2)cc1. The maximum atomic E-state index is 11.9. The van der Waals surface area contributed by atoms with Gasteiger partial charge < -0.3 is 4.74 Å². The number of imide groups is 1. The van der Waals surface area contributed by atoms with Gasteiger partial charge in [-0.1, -0.05) is 60.7 Å². The number of ether oxygens (including phenoxy) is 1. The van der Waals surface area contributed by atoms with E-state index in [-0.39, 0.29) is 23.2 Å². The Labute approximate surface area is 191 Å². The number of carbonyl (C=O) groups is 2. The number of methoxy groups -OCH3 is 1. The molecule has 0 radical (unpaired) electrons. The molecule has 5 nitrogen and oxygen atoms in total. The molecule has 2 N–H and O–H groups in total. The molecule has 0 bridgehead atoms. The first kappa shape index (κ1) is 21.9. The quantitative estimate of drug-likeness (QED) is 0.474. The van der Waals surface area contributed by atoms with Crippen LogP contribution in [0.25, 0.3) is 6.08 Å². The lowest BCUT2D eigenvalue weighted by Gasteiger charge is -2.25. The van der Waals surface area contributed by atoms with Gasteiger partial charge in [0.2, 0.25) is 0 Å². The number of benzene rings is 3. The van der Waals surface area contributed by atoms with Crippen molar-refractivity contribution in [3.63, 3.8) is 0 Å². The first-order chi connectivity index (χ1) is 15.5. The van der Waals surface area contributed by atoms with Crippen molar-refractivity contribution in [1.29, 1.82) is 0 Å². The summed E-state index contributed by atoms with van der Waals surface area (Å²) in [5, 5.41) is 5.70. The highest BCUT2D eigenvalue weighted by Crippen LogP contribution is 2.30. The maximum absolute atomic E-state index is 11.9. The Balaban J connectivity index is 1.68. The number of thioether (sulfide) groups is 1. The molecule has 1 fully saturated rings. The first-order valence-electron chi connectivity index (χ1n) is 10.3. The molecule has 1 aliphatic rings. The second-order valence-electron chi connectivity index (χ2n) is 7.53. The van der Waals surface area contributed by atoms with Crippen LogP contribution in [0.1, 0.15) is 41.3 Å². The molecule has 3 aromatic carbocycles. The van der Waals surface area contributed by atoms with E-state index in [9.17, 15) is 9.59 Å². The zero-order valence-electron chi connectivity index (χ0n) is 17.9. The van der Waals surface area contributed by atoms with Crippen LogP contribution in [0, 0.1) is 0 Å². The summed E-state index contributed by atoms with van der Waals surface area (Å²) in [6.07, 6.45) is 1.75. The predicted octanol–water partition coefficient (Wildman–Crippen LogP) is 5.46. The zero-order valence-corrected chi connectivity index (χ0v) is 18.7. The number of hydrogen-bond donors (Lipinski definition) is 2. The van der Waals surface area contributed by atoms with Crippen LogP contribution in [0.5, 0.6) is 5.75 Å². The molecule has 1 unspecified atom stereocenters. The van der Waals surface area contributed by atoms with Crippen LogP contribution in [0.2, 0.25) is 0 Å². The molecule has 1 heterocycles.